The Morgan fingerprint density at radius 1 is 1.32 bits per heavy atom. The summed E-state index contributed by atoms with van der Waals surface area (Å²) in [6, 6.07) is 10.9. The van der Waals surface area contributed by atoms with Gasteiger partial charge in [-0.25, -0.2) is 4.98 Å². The maximum Gasteiger partial charge on any atom is 0.236 e. The van der Waals surface area contributed by atoms with Crippen molar-refractivity contribution in [3.05, 3.63) is 48.2 Å². The molecule has 1 unspecified atom stereocenters. The molecule has 0 aliphatic carbocycles. The molecule has 1 atom stereocenters. The van der Waals surface area contributed by atoms with Crippen LogP contribution < -0.4 is 15.8 Å². The van der Waals surface area contributed by atoms with E-state index in [0.29, 0.717) is 18.1 Å². The van der Waals surface area contributed by atoms with Crippen LogP contribution >= 0.6 is 0 Å². The van der Waals surface area contributed by atoms with Crippen LogP contribution in [0.1, 0.15) is 11.5 Å². The Kier molecular flexibility index (Phi) is 2.79. The molecule has 1 amide bonds. The van der Waals surface area contributed by atoms with Crippen molar-refractivity contribution in [2.24, 2.45) is 0 Å². The molecule has 1 aromatic carbocycles. The predicted molar refractivity (Wildman–Crippen MR) is 72.0 cm³/mol. The first-order chi connectivity index (χ1) is 9.24. The van der Waals surface area contributed by atoms with E-state index in [1.54, 1.807) is 12.1 Å². The third-order valence-corrected chi connectivity index (χ3v) is 3.05. The molecule has 0 spiro atoms. The number of nitrogens with one attached hydrogen (secondary N) is 1. The Labute approximate surface area is 110 Å². The summed E-state index contributed by atoms with van der Waals surface area (Å²) in [5.74, 6) is 0.842. The number of ether oxygens (including phenoxy) is 1. The second-order valence-electron chi connectivity index (χ2n) is 4.37. The van der Waals surface area contributed by atoms with E-state index in [-0.39, 0.29) is 11.8 Å². The zero-order valence-electron chi connectivity index (χ0n) is 10.2. The number of nitrogens with two attached hydrogens (primary N) is 1. The molecule has 0 fully saturated rings. The fourth-order valence-corrected chi connectivity index (χ4v) is 2.07. The zero-order chi connectivity index (χ0) is 13.2. The summed E-state index contributed by atoms with van der Waals surface area (Å²) in [5, 5.41) is 2.77. The highest BCUT2D eigenvalue weighted by molar-refractivity contribution is 5.96. The molecule has 0 radical (unpaired) electrons. The Morgan fingerprint density at radius 3 is 2.95 bits per heavy atom. The second-order valence-corrected chi connectivity index (χ2v) is 4.37. The van der Waals surface area contributed by atoms with Crippen molar-refractivity contribution in [2.75, 3.05) is 17.7 Å². The van der Waals surface area contributed by atoms with Crippen LogP contribution in [-0.4, -0.2) is 17.5 Å². The molecule has 0 saturated heterocycles. The van der Waals surface area contributed by atoms with Crippen molar-refractivity contribution in [3.63, 3.8) is 0 Å². The van der Waals surface area contributed by atoms with Gasteiger partial charge in [-0.2, -0.15) is 0 Å². The van der Waals surface area contributed by atoms with Crippen LogP contribution in [0.2, 0.25) is 0 Å². The van der Waals surface area contributed by atoms with Crippen LogP contribution in [-0.2, 0) is 4.79 Å². The third-order valence-electron chi connectivity index (χ3n) is 3.05. The van der Waals surface area contributed by atoms with Gasteiger partial charge in [0.25, 0.3) is 0 Å². The van der Waals surface area contributed by atoms with Gasteiger partial charge in [-0.05, 0) is 18.2 Å². The van der Waals surface area contributed by atoms with Crippen LogP contribution in [0.4, 0.5) is 11.5 Å². The SMILES string of the molecule is Nc1ccc(NC(=O)C2COc3ccccc32)nc1. The minimum atomic E-state index is -0.296. The molecule has 5 nitrogen and oxygen atoms in total. The Bertz CT molecular complexity index is 610. The number of rotatable bonds is 2. The van der Waals surface area contributed by atoms with Gasteiger partial charge in [-0.15, -0.1) is 0 Å². The lowest BCUT2D eigenvalue weighted by atomic mass is 10.0. The van der Waals surface area contributed by atoms with E-state index in [9.17, 15) is 4.79 Å². The largest absolute Gasteiger partial charge is 0.492 e. The molecule has 1 aromatic heterocycles. The van der Waals surface area contributed by atoms with Crippen LogP contribution in [0.5, 0.6) is 5.75 Å². The van der Waals surface area contributed by atoms with Crippen molar-refractivity contribution < 1.29 is 9.53 Å². The number of hydrogen-bond acceptors (Lipinski definition) is 4. The maximum absolute atomic E-state index is 12.2. The fraction of sp³-hybridized carbons (Fsp3) is 0.143. The van der Waals surface area contributed by atoms with Crippen LogP contribution in [0.15, 0.2) is 42.6 Å². The van der Waals surface area contributed by atoms with Gasteiger partial charge >= 0.3 is 0 Å². The van der Waals surface area contributed by atoms with E-state index >= 15 is 0 Å². The van der Waals surface area contributed by atoms with E-state index in [1.807, 2.05) is 24.3 Å². The summed E-state index contributed by atoms with van der Waals surface area (Å²) >= 11 is 0. The average molecular weight is 255 g/mol. The summed E-state index contributed by atoms with van der Waals surface area (Å²) in [6.07, 6.45) is 1.51. The molecule has 0 bridgehead atoms. The highest BCUT2D eigenvalue weighted by Crippen LogP contribution is 2.33. The molecule has 3 N–H and O–H groups in total. The lowest BCUT2D eigenvalue weighted by molar-refractivity contribution is -0.117. The van der Waals surface area contributed by atoms with Crippen LogP contribution in [0.25, 0.3) is 0 Å². The number of carbonyl (C=O) groups excluding carboxylic acids is 1. The molecule has 2 heterocycles. The molecule has 96 valence electrons. The maximum atomic E-state index is 12.2. The van der Waals surface area contributed by atoms with E-state index in [1.165, 1.54) is 6.20 Å². The van der Waals surface area contributed by atoms with Gasteiger partial charge in [0.1, 0.15) is 24.1 Å². The quantitative estimate of drug-likeness (QED) is 0.857. The number of benzene rings is 1. The molecular weight excluding hydrogens is 242 g/mol. The van der Waals surface area contributed by atoms with E-state index in [0.717, 1.165) is 11.3 Å². The first-order valence-corrected chi connectivity index (χ1v) is 5.98. The summed E-state index contributed by atoms with van der Waals surface area (Å²) in [5.41, 5.74) is 7.02. The Balaban J connectivity index is 1.77. The molecule has 2 aromatic rings. The number of aromatic nitrogens is 1. The van der Waals surface area contributed by atoms with Gasteiger partial charge in [-0.3, -0.25) is 4.79 Å². The van der Waals surface area contributed by atoms with E-state index in [4.69, 9.17) is 10.5 Å². The normalized spacial score (nSPS) is 16.5. The summed E-state index contributed by atoms with van der Waals surface area (Å²) < 4.78 is 5.49. The smallest absolute Gasteiger partial charge is 0.236 e. The Morgan fingerprint density at radius 2 is 2.16 bits per heavy atom. The number of carbonyl (C=O) groups is 1. The van der Waals surface area contributed by atoms with Gasteiger partial charge < -0.3 is 15.8 Å². The number of amides is 1. The van der Waals surface area contributed by atoms with Gasteiger partial charge in [0.15, 0.2) is 0 Å². The molecular formula is C14H13N3O2. The minimum absolute atomic E-state index is 0.123. The molecule has 19 heavy (non-hydrogen) atoms. The summed E-state index contributed by atoms with van der Waals surface area (Å²) in [7, 11) is 0. The van der Waals surface area contributed by atoms with Crippen molar-refractivity contribution in [1.29, 1.82) is 0 Å². The number of anilines is 2. The first-order valence-electron chi connectivity index (χ1n) is 5.98. The van der Waals surface area contributed by atoms with E-state index < -0.39 is 0 Å². The lowest BCUT2D eigenvalue weighted by Gasteiger charge is -2.09. The number of fused-ring (bicyclic) bond motifs is 1. The van der Waals surface area contributed by atoms with Crippen LogP contribution in [0, 0.1) is 0 Å². The van der Waals surface area contributed by atoms with Crippen LogP contribution in [0.3, 0.4) is 0 Å². The van der Waals surface area contributed by atoms with E-state index in [2.05, 4.69) is 10.3 Å². The number of nitrogen functional groups attached to an aromatic ring is 1. The number of para-hydroxylation sites is 1. The fourth-order valence-electron chi connectivity index (χ4n) is 2.07. The molecule has 1 aliphatic heterocycles. The van der Waals surface area contributed by atoms with Gasteiger partial charge in [0.05, 0.1) is 11.9 Å². The van der Waals surface area contributed by atoms with Crippen molar-refractivity contribution in [3.8, 4) is 5.75 Å². The molecule has 0 saturated carbocycles. The topological polar surface area (TPSA) is 77.2 Å². The summed E-state index contributed by atoms with van der Waals surface area (Å²) in [4.78, 5) is 16.2. The molecule has 1 aliphatic rings. The summed E-state index contributed by atoms with van der Waals surface area (Å²) in [6.45, 7) is 0.361. The Hall–Kier alpha value is -2.56. The number of nitrogens with zero attached hydrogens (tertiary/aromatic N) is 1. The number of pyridine rings is 1. The first kappa shape index (κ1) is 11.5. The zero-order valence-corrected chi connectivity index (χ0v) is 10.2. The minimum Gasteiger partial charge on any atom is -0.492 e. The van der Waals surface area contributed by atoms with Gasteiger partial charge in [0, 0.05) is 5.56 Å². The standard InChI is InChI=1S/C14H13N3O2/c15-9-5-6-13(16-7-9)17-14(18)11-8-19-12-4-2-1-3-10(11)12/h1-7,11H,8,15H2,(H,16,17,18). The van der Waals surface area contributed by atoms with Gasteiger partial charge in [0.2, 0.25) is 5.91 Å². The second kappa shape index (κ2) is 4.61. The van der Waals surface area contributed by atoms with Crippen molar-refractivity contribution >= 4 is 17.4 Å². The lowest BCUT2D eigenvalue weighted by Crippen LogP contribution is -2.22. The van der Waals surface area contributed by atoms with Crippen molar-refractivity contribution in [2.45, 2.75) is 5.92 Å². The predicted octanol–water partition coefficient (Wildman–Crippen LogP) is 1.78. The third kappa shape index (κ3) is 2.22. The average Bonchev–Trinajstić information content (AvgIpc) is 2.85. The molecule has 3 rings (SSSR count). The number of hydrogen-bond donors (Lipinski definition) is 2. The highest BCUT2D eigenvalue weighted by atomic mass is 16.5. The molecule has 5 heteroatoms. The highest BCUT2D eigenvalue weighted by Gasteiger charge is 2.30. The monoisotopic (exact) mass is 255 g/mol. The van der Waals surface area contributed by atoms with Gasteiger partial charge in [-0.1, -0.05) is 18.2 Å². The van der Waals surface area contributed by atoms with Crippen molar-refractivity contribution in [1.82, 2.24) is 4.98 Å².